The van der Waals surface area contributed by atoms with Gasteiger partial charge >= 0.3 is 0 Å². The smallest absolute Gasteiger partial charge is 0.105 e. The van der Waals surface area contributed by atoms with Gasteiger partial charge in [-0.2, -0.15) is 5.01 Å². The maximum atomic E-state index is 2.69. The Bertz CT molecular complexity index is 205. The number of quaternary nitrogens is 1. The standard InChI is InChI=1S/C15H30N2/c1-3-17(15-12-8-5-9-13-15)16(2)14-10-6-4-7-11-14/h14-15H,3-13H2,1-2H3/p+1. The van der Waals surface area contributed by atoms with E-state index in [1.165, 1.54) is 70.8 Å². The van der Waals surface area contributed by atoms with Gasteiger partial charge in [0.1, 0.15) is 6.04 Å². The molecule has 2 aliphatic carbocycles. The van der Waals surface area contributed by atoms with E-state index in [0.717, 1.165) is 12.1 Å². The molecule has 0 aliphatic heterocycles. The second-order valence-corrected chi connectivity index (χ2v) is 6.08. The van der Waals surface area contributed by atoms with E-state index >= 15 is 0 Å². The third-order valence-electron chi connectivity index (χ3n) is 5.01. The molecule has 0 aromatic rings. The lowest BCUT2D eigenvalue weighted by molar-refractivity contribution is -1.04. The first-order chi connectivity index (χ1) is 8.33. The summed E-state index contributed by atoms with van der Waals surface area (Å²) in [5, 5.41) is 4.46. The first-order valence-corrected chi connectivity index (χ1v) is 7.91. The highest BCUT2D eigenvalue weighted by Crippen LogP contribution is 2.21. The molecule has 2 nitrogen and oxygen atoms in total. The summed E-state index contributed by atoms with van der Waals surface area (Å²) in [7, 11) is 2.38. The average molecular weight is 239 g/mol. The van der Waals surface area contributed by atoms with Crippen LogP contribution in [0.2, 0.25) is 0 Å². The van der Waals surface area contributed by atoms with Crippen LogP contribution in [0.4, 0.5) is 0 Å². The lowest BCUT2D eigenvalue weighted by Gasteiger charge is -2.40. The monoisotopic (exact) mass is 239 g/mol. The highest BCUT2D eigenvalue weighted by Gasteiger charge is 2.31. The molecule has 1 N–H and O–H groups in total. The van der Waals surface area contributed by atoms with Crippen LogP contribution >= 0.6 is 0 Å². The molecule has 17 heavy (non-hydrogen) atoms. The van der Waals surface area contributed by atoms with Crippen molar-refractivity contribution in [3.05, 3.63) is 0 Å². The fourth-order valence-electron chi connectivity index (χ4n) is 3.96. The summed E-state index contributed by atoms with van der Waals surface area (Å²) in [4.78, 5) is 0. The topological polar surface area (TPSA) is 7.68 Å². The Balaban J connectivity index is 1.90. The summed E-state index contributed by atoms with van der Waals surface area (Å²) in [6.45, 7) is 3.64. The van der Waals surface area contributed by atoms with Gasteiger partial charge in [0.25, 0.3) is 0 Å². The van der Waals surface area contributed by atoms with E-state index in [4.69, 9.17) is 0 Å². The zero-order chi connectivity index (χ0) is 12.1. The zero-order valence-electron chi connectivity index (χ0n) is 11.9. The lowest BCUT2D eigenvalue weighted by atomic mass is 9.93. The molecule has 2 rings (SSSR count). The van der Waals surface area contributed by atoms with Gasteiger partial charge in [-0.3, -0.25) is 5.01 Å². The molecule has 0 heterocycles. The largest absolute Gasteiger partial charge is 0.253 e. The van der Waals surface area contributed by atoms with Crippen molar-refractivity contribution in [3.8, 4) is 0 Å². The van der Waals surface area contributed by atoms with Crippen molar-refractivity contribution < 1.29 is 5.01 Å². The predicted octanol–water partition coefficient (Wildman–Crippen LogP) is 2.40. The molecule has 0 aromatic carbocycles. The van der Waals surface area contributed by atoms with Gasteiger partial charge in [0, 0.05) is 19.9 Å². The summed E-state index contributed by atoms with van der Waals surface area (Å²) in [6, 6.07) is 1.78. The summed E-state index contributed by atoms with van der Waals surface area (Å²) in [6.07, 6.45) is 14.6. The first-order valence-electron chi connectivity index (χ1n) is 7.91. The Morgan fingerprint density at radius 1 is 0.882 bits per heavy atom. The van der Waals surface area contributed by atoms with Crippen molar-refractivity contribution in [2.24, 2.45) is 0 Å². The minimum atomic E-state index is 0.862. The van der Waals surface area contributed by atoms with Crippen LogP contribution in [0.25, 0.3) is 0 Å². The second-order valence-electron chi connectivity index (χ2n) is 6.08. The van der Waals surface area contributed by atoms with Crippen LogP contribution in [0.5, 0.6) is 0 Å². The van der Waals surface area contributed by atoms with Gasteiger partial charge in [-0.05, 0) is 32.6 Å². The van der Waals surface area contributed by atoms with Crippen molar-refractivity contribution in [1.82, 2.24) is 5.01 Å². The van der Waals surface area contributed by atoms with Crippen molar-refractivity contribution in [1.29, 1.82) is 0 Å². The van der Waals surface area contributed by atoms with Crippen molar-refractivity contribution in [2.75, 3.05) is 13.6 Å². The predicted molar refractivity (Wildman–Crippen MR) is 73.0 cm³/mol. The van der Waals surface area contributed by atoms with Gasteiger partial charge in [-0.15, -0.1) is 0 Å². The van der Waals surface area contributed by atoms with Crippen LogP contribution < -0.4 is 5.01 Å². The fourth-order valence-corrected chi connectivity index (χ4v) is 3.96. The Morgan fingerprint density at radius 3 is 1.94 bits per heavy atom. The molecule has 100 valence electrons. The van der Waals surface area contributed by atoms with Gasteiger partial charge in [0.15, 0.2) is 0 Å². The molecule has 2 saturated carbocycles. The highest BCUT2D eigenvalue weighted by atomic mass is 15.6. The Morgan fingerprint density at radius 2 is 1.41 bits per heavy atom. The summed E-state index contributed by atoms with van der Waals surface area (Å²) in [5.41, 5.74) is 0. The summed E-state index contributed by atoms with van der Waals surface area (Å²) >= 11 is 0. The van der Waals surface area contributed by atoms with Gasteiger partial charge in [-0.25, -0.2) is 0 Å². The maximum Gasteiger partial charge on any atom is 0.105 e. The molecule has 0 saturated heterocycles. The van der Waals surface area contributed by atoms with Crippen LogP contribution in [0, 0.1) is 0 Å². The second kappa shape index (κ2) is 6.75. The van der Waals surface area contributed by atoms with Gasteiger partial charge in [-0.1, -0.05) is 25.7 Å². The van der Waals surface area contributed by atoms with E-state index in [-0.39, 0.29) is 0 Å². The molecule has 0 bridgehead atoms. The molecule has 2 heteroatoms. The Kier molecular flexibility index (Phi) is 5.30. The lowest BCUT2D eigenvalue weighted by Crippen LogP contribution is -3.21. The zero-order valence-corrected chi connectivity index (χ0v) is 11.9. The maximum absolute atomic E-state index is 2.69. The number of hydrogen-bond acceptors (Lipinski definition) is 1. The van der Waals surface area contributed by atoms with Crippen molar-refractivity contribution in [3.63, 3.8) is 0 Å². The third-order valence-corrected chi connectivity index (χ3v) is 5.01. The molecule has 0 spiro atoms. The van der Waals surface area contributed by atoms with E-state index in [2.05, 4.69) is 19.0 Å². The number of rotatable bonds is 4. The van der Waals surface area contributed by atoms with E-state index in [1.54, 1.807) is 5.01 Å². The minimum Gasteiger partial charge on any atom is -0.253 e. The van der Waals surface area contributed by atoms with Gasteiger partial charge in [0.05, 0.1) is 12.6 Å². The first kappa shape index (κ1) is 13.4. The molecule has 2 fully saturated rings. The normalized spacial score (nSPS) is 26.3. The van der Waals surface area contributed by atoms with Crippen LogP contribution in [0.3, 0.4) is 0 Å². The van der Waals surface area contributed by atoms with Crippen LogP contribution in [0.1, 0.15) is 71.1 Å². The fraction of sp³-hybridized carbons (Fsp3) is 1.00. The molecular formula is C15H31N2+. The Labute approximate surface area is 107 Å². The molecule has 2 aliphatic rings. The number of nitrogens with one attached hydrogen (secondary N) is 1. The van der Waals surface area contributed by atoms with E-state index < -0.39 is 0 Å². The molecule has 1 unspecified atom stereocenters. The van der Waals surface area contributed by atoms with Crippen LogP contribution in [-0.2, 0) is 0 Å². The van der Waals surface area contributed by atoms with Crippen LogP contribution in [0.15, 0.2) is 0 Å². The quantitative estimate of drug-likeness (QED) is 0.740. The van der Waals surface area contributed by atoms with Crippen LogP contribution in [-0.4, -0.2) is 30.7 Å². The van der Waals surface area contributed by atoms with E-state index in [9.17, 15) is 0 Å². The van der Waals surface area contributed by atoms with Gasteiger partial charge < -0.3 is 0 Å². The number of nitrogens with zero attached hydrogens (tertiary/aromatic N) is 1. The molecule has 0 amide bonds. The van der Waals surface area contributed by atoms with Crippen molar-refractivity contribution >= 4 is 0 Å². The third kappa shape index (κ3) is 3.45. The van der Waals surface area contributed by atoms with E-state index in [1.807, 2.05) is 0 Å². The Hall–Kier alpha value is -0.0800. The van der Waals surface area contributed by atoms with Crippen molar-refractivity contribution in [2.45, 2.75) is 83.2 Å². The molecule has 1 atom stereocenters. The SMILES string of the molecule is CC[NH+](C1CCCCC1)N(C)C1CCCCC1. The molecule has 0 radical (unpaired) electrons. The number of hydrogen-bond donors (Lipinski definition) is 1. The molecular weight excluding hydrogens is 208 g/mol. The average Bonchev–Trinajstić information content (AvgIpc) is 2.42. The highest BCUT2D eigenvalue weighted by molar-refractivity contribution is 4.70. The minimum absolute atomic E-state index is 0.862. The van der Waals surface area contributed by atoms with Gasteiger partial charge in [0.2, 0.25) is 0 Å². The summed E-state index contributed by atoms with van der Waals surface area (Å²) in [5.74, 6) is 0. The molecule has 0 aromatic heterocycles. The van der Waals surface area contributed by atoms with E-state index in [0.29, 0.717) is 0 Å². The summed E-state index contributed by atoms with van der Waals surface area (Å²) < 4.78 is 0.